The molecule has 0 N–H and O–H groups in total. The molecule has 4 rings (SSSR count). The van der Waals surface area contributed by atoms with Crippen molar-refractivity contribution in [1.29, 1.82) is 0 Å². The van der Waals surface area contributed by atoms with Crippen molar-refractivity contribution in [2.45, 2.75) is 37.3 Å². The van der Waals surface area contributed by atoms with Gasteiger partial charge in [-0.15, -0.1) is 0 Å². The Morgan fingerprint density at radius 3 is 2.68 bits per heavy atom. The minimum absolute atomic E-state index is 0.164. The summed E-state index contributed by atoms with van der Waals surface area (Å²) in [5.41, 5.74) is 1.98. The van der Waals surface area contributed by atoms with Crippen LogP contribution < -0.4 is 0 Å². The number of pyridine rings is 1. The van der Waals surface area contributed by atoms with Gasteiger partial charge in [-0.25, -0.2) is 4.98 Å². The number of hydrogen-bond donors (Lipinski definition) is 0. The first-order valence-corrected chi connectivity index (χ1v) is 8.11. The highest BCUT2D eigenvalue weighted by atomic mass is 35.5. The predicted octanol–water partition coefficient (Wildman–Crippen LogP) is 3.90. The van der Waals surface area contributed by atoms with Crippen LogP contribution in [0.1, 0.15) is 41.1 Å². The molecule has 4 heteroatoms. The molecule has 3 atom stereocenters. The zero-order valence-electron chi connectivity index (χ0n) is 12.2. The number of halogens is 1. The van der Waals surface area contributed by atoms with E-state index in [9.17, 15) is 4.79 Å². The summed E-state index contributed by atoms with van der Waals surface area (Å²) >= 11 is 5.88. The number of fused-ring (bicyclic) bond motifs is 2. The lowest BCUT2D eigenvalue weighted by atomic mass is 9.85. The van der Waals surface area contributed by atoms with Crippen LogP contribution in [0.2, 0.25) is 5.15 Å². The van der Waals surface area contributed by atoms with E-state index in [1.54, 1.807) is 0 Å². The van der Waals surface area contributed by atoms with Crippen molar-refractivity contribution < 1.29 is 4.79 Å². The third kappa shape index (κ3) is 2.20. The van der Waals surface area contributed by atoms with Crippen LogP contribution in [0.5, 0.6) is 0 Å². The third-order valence-corrected chi connectivity index (χ3v) is 5.19. The molecule has 22 heavy (non-hydrogen) atoms. The summed E-state index contributed by atoms with van der Waals surface area (Å²) in [7, 11) is 0. The molecule has 1 aromatic carbocycles. The second-order valence-electron chi connectivity index (χ2n) is 6.13. The van der Waals surface area contributed by atoms with Gasteiger partial charge in [0.1, 0.15) is 5.15 Å². The number of amides is 1. The van der Waals surface area contributed by atoms with Gasteiger partial charge in [-0.1, -0.05) is 35.9 Å². The van der Waals surface area contributed by atoms with Gasteiger partial charge in [0.2, 0.25) is 0 Å². The maximum atomic E-state index is 12.8. The fourth-order valence-corrected chi connectivity index (χ4v) is 4.11. The van der Waals surface area contributed by atoms with Crippen molar-refractivity contribution >= 4 is 17.5 Å². The van der Waals surface area contributed by atoms with Crippen LogP contribution >= 0.6 is 11.6 Å². The molecule has 0 radical (unpaired) electrons. The van der Waals surface area contributed by atoms with Gasteiger partial charge in [-0.05, 0) is 43.0 Å². The zero-order chi connectivity index (χ0) is 15.1. The van der Waals surface area contributed by atoms with Crippen molar-refractivity contribution in [1.82, 2.24) is 9.88 Å². The molecule has 3 nitrogen and oxygen atoms in total. The van der Waals surface area contributed by atoms with E-state index in [0.29, 0.717) is 23.2 Å². The Bertz CT molecular complexity index is 686. The van der Waals surface area contributed by atoms with Crippen LogP contribution in [0.15, 0.2) is 48.7 Å². The molecule has 2 aliphatic rings. The topological polar surface area (TPSA) is 33.2 Å². The minimum Gasteiger partial charge on any atom is -0.332 e. The highest BCUT2D eigenvalue weighted by Crippen LogP contribution is 2.47. The van der Waals surface area contributed by atoms with E-state index in [-0.39, 0.29) is 5.91 Å². The number of aromatic nitrogens is 1. The molecular formula is C18H17ClN2O. The first kappa shape index (κ1) is 13.8. The van der Waals surface area contributed by atoms with E-state index in [1.807, 2.05) is 48.7 Å². The first-order chi connectivity index (χ1) is 10.7. The van der Waals surface area contributed by atoms with Crippen molar-refractivity contribution in [2.75, 3.05) is 0 Å². The van der Waals surface area contributed by atoms with Crippen molar-refractivity contribution in [3.63, 3.8) is 0 Å². The van der Waals surface area contributed by atoms with Crippen LogP contribution in [0, 0.1) is 0 Å². The van der Waals surface area contributed by atoms with Crippen molar-refractivity contribution in [3.05, 3.63) is 64.9 Å². The normalized spacial score (nSPS) is 26.4. The Labute approximate surface area is 134 Å². The summed E-state index contributed by atoms with van der Waals surface area (Å²) in [4.78, 5) is 19.1. The Kier molecular flexibility index (Phi) is 3.38. The summed E-state index contributed by atoms with van der Waals surface area (Å²) in [6.45, 7) is 0. The van der Waals surface area contributed by atoms with Crippen molar-refractivity contribution in [2.24, 2.45) is 0 Å². The molecule has 1 amide bonds. The van der Waals surface area contributed by atoms with Gasteiger partial charge in [0.25, 0.3) is 5.91 Å². The molecule has 112 valence electrons. The average molecular weight is 313 g/mol. The van der Waals surface area contributed by atoms with Gasteiger partial charge in [0.15, 0.2) is 0 Å². The third-order valence-electron chi connectivity index (χ3n) is 4.97. The number of carbonyl (C=O) groups excluding carboxylic acids is 1. The van der Waals surface area contributed by atoms with Gasteiger partial charge >= 0.3 is 0 Å². The summed E-state index contributed by atoms with van der Waals surface area (Å²) in [6, 6.07) is 14.1. The molecule has 2 bridgehead atoms. The molecular weight excluding hydrogens is 296 g/mol. The Morgan fingerprint density at radius 2 is 1.95 bits per heavy atom. The zero-order valence-corrected chi connectivity index (χ0v) is 12.9. The molecule has 2 aromatic rings. The SMILES string of the molecule is O=C(c1ccccc1)N1[C@H]2CC[C@@H]1C(c1ccc(Cl)nc1)C2. The summed E-state index contributed by atoms with van der Waals surface area (Å²) in [6.07, 6.45) is 5.09. The van der Waals surface area contributed by atoms with Gasteiger partial charge in [-0.3, -0.25) is 4.79 Å². The van der Waals surface area contributed by atoms with Crippen LogP contribution in [-0.2, 0) is 0 Å². The summed E-state index contributed by atoms with van der Waals surface area (Å²) in [5, 5.41) is 0.518. The molecule has 0 aliphatic carbocycles. The first-order valence-electron chi connectivity index (χ1n) is 7.73. The van der Waals surface area contributed by atoms with Crippen LogP contribution in [0.3, 0.4) is 0 Å². The fraction of sp³-hybridized carbons (Fsp3) is 0.333. The van der Waals surface area contributed by atoms with E-state index in [1.165, 1.54) is 5.56 Å². The lowest BCUT2D eigenvalue weighted by Crippen LogP contribution is -2.36. The van der Waals surface area contributed by atoms with Crippen LogP contribution in [0.4, 0.5) is 0 Å². The predicted molar refractivity (Wildman–Crippen MR) is 86.0 cm³/mol. The standard InChI is InChI=1S/C18H17ClN2O/c19-17-9-6-13(11-20-17)15-10-14-7-8-16(15)21(14)18(22)12-4-2-1-3-5-12/h1-6,9,11,14-16H,7-8,10H2/t14-,15?,16+/m0/s1. The molecule has 2 saturated heterocycles. The fourth-order valence-electron chi connectivity index (χ4n) is 4.00. The van der Waals surface area contributed by atoms with E-state index < -0.39 is 0 Å². The maximum Gasteiger partial charge on any atom is 0.254 e. The lowest BCUT2D eigenvalue weighted by molar-refractivity contribution is 0.0726. The van der Waals surface area contributed by atoms with Crippen LogP contribution in [0.25, 0.3) is 0 Å². The number of benzene rings is 1. The minimum atomic E-state index is 0.164. The van der Waals surface area contributed by atoms with E-state index in [2.05, 4.69) is 9.88 Å². The highest BCUT2D eigenvalue weighted by Gasteiger charge is 2.49. The van der Waals surface area contributed by atoms with Gasteiger partial charge < -0.3 is 4.90 Å². The van der Waals surface area contributed by atoms with Gasteiger partial charge in [0, 0.05) is 29.8 Å². The molecule has 2 fully saturated rings. The van der Waals surface area contributed by atoms with E-state index in [4.69, 9.17) is 11.6 Å². The molecule has 2 aliphatic heterocycles. The Hall–Kier alpha value is -1.87. The smallest absolute Gasteiger partial charge is 0.254 e. The molecule has 1 aromatic heterocycles. The summed E-state index contributed by atoms with van der Waals surface area (Å²) in [5.74, 6) is 0.550. The largest absolute Gasteiger partial charge is 0.332 e. The van der Waals surface area contributed by atoms with Crippen LogP contribution in [-0.4, -0.2) is 27.9 Å². The molecule has 1 unspecified atom stereocenters. The Morgan fingerprint density at radius 1 is 1.14 bits per heavy atom. The number of hydrogen-bond acceptors (Lipinski definition) is 2. The van der Waals surface area contributed by atoms with Gasteiger partial charge in [-0.2, -0.15) is 0 Å². The number of carbonyl (C=O) groups is 1. The van der Waals surface area contributed by atoms with Crippen molar-refractivity contribution in [3.8, 4) is 0 Å². The molecule has 0 saturated carbocycles. The highest BCUT2D eigenvalue weighted by molar-refractivity contribution is 6.29. The lowest BCUT2D eigenvalue weighted by Gasteiger charge is -2.24. The monoisotopic (exact) mass is 312 g/mol. The van der Waals surface area contributed by atoms with Gasteiger partial charge in [0.05, 0.1) is 0 Å². The van der Waals surface area contributed by atoms with E-state index in [0.717, 1.165) is 24.8 Å². The van der Waals surface area contributed by atoms with E-state index >= 15 is 0 Å². The number of rotatable bonds is 2. The second-order valence-corrected chi connectivity index (χ2v) is 6.52. The summed E-state index contributed by atoms with van der Waals surface area (Å²) < 4.78 is 0. The second kappa shape index (κ2) is 5.40. The molecule has 3 heterocycles. The quantitative estimate of drug-likeness (QED) is 0.788. The average Bonchev–Trinajstić information content (AvgIpc) is 3.13. The maximum absolute atomic E-state index is 12.8. The molecule has 0 spiro atoms. The number of nitrogens with zero attached hydrogens (tertiary/aromatic N) is 2. The Balaban J connectivity index is 1.61.